The number of anilines is 1. The molecule has 126 valence electrons. The molecule has 2 aliphatic rings. The van der Waals surface area contributed by atoms with Crippen LogP contribution in [0.4, 0.5) is 5.69 Å². The zero-order chi connectivity index (χ0) is 16.2. The number of piperazine rings is 1. The predicted molar refractivity (Wildman–Crippen MR) is 92.9 cm³/mol. The zero-order valence-electron chi connectivity index (χ0n) is 14.4. The lowest BCUT2D eigenvalue weighted by Gasteiger charge is -2.34. The number of hydrogen-bond acceptors (Lipinski definition) is 4. The van der Waals surface area contributed by atoms with E-state index in [0.717, 1.165) is 57.4 Å². The second kappa shape index (κ2) is 7.30. The van der Waals surface area contributed by atoms with Gasteiger partial charge in [-0.2, -0.15) is 0 Å². The van der Waals surface area contributed by atoms with Crippen LogP contribution in [0.1, 0.15) is 37.2 Å². The van der Waals surface area contributed by atoms with E-state index in [1.54, 1.807) is 6.20 Å². The van der Waals surface area contributed by atoms with Gasteiger partial charge in [-0.25, -0.2) is 0 Å². The highest BCUT2D eigenvalue weighted by molar-refractivity contribution is 5.93. The fraction of sp³-hybridized carbons (Fsp3) is 0.667. The van der Waals surface area contributed by atoms with Crippen molar-refractivity contribution in [3.8, 4) is 0 Å². The molecule has 0 bridgehead atoms. The van der Waals surface area contributed by atoms with E-state index in [-0.39, 0.29) is 5.91 Å². The molecule has 0 spiro atoms. The summed E-state index contributed by atoms with van der Waals surface area (Å²) in [7, 11) is 0. The summed E-state index contributed by atoms with van der Waals surface area (Å²) in [5.74, 6) is 0.886. The fourth-order valence-corrected chi connectivity index (χ4v) is 3.43. The number of pyridine rings is 1. The van der Waals surface area contributed by atoms with Gasteiger partial charge in [-0.1, -0.05) is 13.8 Å². The summed E-state index contributed by atoms with van der Waals surface area (Å²) in [4.78, 5) is 23.7. The van der Waals surface area contributed by atoms with Crippen molar-refractivity contribution in [1.82, 2.24) is 14.8 Å². The Kier molecular flexibility index (Phi) is 5.16. The monoisotopic (exact) mass is 316 g/mol. The molecule has 0 aromatic carbocycles. The van der Waals surface area contributed by atoms with Crippen LogP contribution in [0.3, 0.4) is 0 Å². The maximum Gasteiger partial charge on any atom is 0.272 e. The van der Waals surface area contributed by atoms with Crippen molar-refractivity contribution in [2.75, 3.05) is 50.7 Å². The third kappa shape index (κ3) is 3.83. The molecule has 3 rings (SSSR count). The van der Waals surface area contributed by atoms with Crippen LogP contribution in [-0.2, 0) is 0 Å². The highest BCUT2D eigenvalue weighted by Gasteiger charge is 2.23. The molecule has 0 atom stereocenters. The van der Waals surface area contributed by atoms with Crippen LogP contribution in [0.5, 0.6) is 0 Å². The molecule has 2 aliphatic heterocycles. The van der Waals surface area contributed by atoms with Gasteiger partial charge in [0.25, 0.3) is 5.91 Å². The third-order valence-corrected chi connectivity index (χ3v) is 5.22. The summed E-state index contributed by atoms with van der Waals surface area (Å²) in [6.07, 6.45) is 4.23. The lowest BCUT2D eigenvalue weighted by molar-refractivity contribution is 0.0637. The van der Waals surface area contributed by atoms with Gasteiger partial charge < -0.3 is 14.7 Å². The minimum Gasteiger partial charge on any atom is -0.371 e. The van der Waals surface area contributed by atoms with Crippen LogP contribution in [0.25, 0.3) is 0 Å². The van der Waals surface area contributed by atoms with Gasteiger partial charge in [-0.15, -0.1) is 0 Å². The molecule has 1 amide bonds. The lowest BCUT2D eigenvalue weighted by atomic mass is 9.99. The normalized spacial score (nSPS) is 20.8. The van der Waals surface area contributed by atoms with Crippen molar-refractivity contribution >= 4 is 11.6 Å². The van der Waals surface area contributed by atoms with E-state index >= 15 is 0 Å². The molecule has 1 aromatic rings. The summed E-state index contributed by atoms with van der Waals surface area (Å²) in [5, 5.41) is 0. The smallest absolute Gasteiger partial charge is 0.272 e. The standard InChI is InChI=1S/C18H28N4O/c1-3-20-10-12-22(13-11-20)18(23)17-14-16(4-7-19-17)21-8-5-15(2)6-9-21/h4,7,14-15H,3,5-6,8-13H2,1-2H3. The molecule has 0 unspecified atom stereocenters. The van der Waals surface area contributed by atoms with E-state index in [2.05, 4.69) is 28.6 Å². The molecule has 5 heteroatoms. The maximum absolute atomic E-state index is 12.7. The predicted octanol–water partition coefficient (Wildman–Crippen LogP) is 2.10. The van der Waals surface area contributed by atoms with Gasteiger partial charge in [0, 0.05) is 51.2 Å². The number of nitrogens with zero attached hydrogens (tertiary/aromatic N) is 4. The molecule has 3 heterocycles. The SMILES string of the molecule is CCN1CCN(C(=O)c2cc(N3CCC(C)CC3)ccn2)CC1. The van der Waals surface area contributed by atoms with Gasteiger partial charge in [0.05, 0.1) is 0 Å². The highest BCUT2D eigenvalue weighted by atomic mass is 16.2. The number of amides is 1. The van der Waals surface area contributed by atoms with Crippen LogP contribution >= 0.6 is 0 Å². The first kappa shape index (κ1) is 16.2. The van der Waals surface area contributed by atoms with Gasteiger partial charge in [-0.3, -0.25) is 9.78 Å². The molecular formula is C18H28N4O. The van der Waals surface area contributed by atoms with E-state index in [1.807, 2.05) is 17.0 Å². The Labute approximate surface area is 139 Å². The molecule has 23 heavy (non-hydrogen) atoms. The van der Waals surface area contributed by atoms with Crippen molar-refractivity contribution in [2.24, 2.45) is 5.92 Å². The Morgan fingerprint density at radius 3 is 2.52 bits per heavy atom. The Hall–Kier alpha value is -1.62. The first-order valence-corrected chi connectivity index (χ1v) is 8.90. The summed E-state index contributed by atoms with van der Waals surface area (Å²) >= 11 is 0. The largest absolute Gasteiger partial charge is 0.371 e. The van der Waals surface area contributed by atoms with Crippen LogP contribution < -0.4 is 4.90 Å². The molecule has 5 nitrogen and oxygen atoms in total. The van der Waals surface area contributed by atoms with Crippen molar-refractivity contribution in [3.05, 3.63) is 24.0 Å². The molecule has 1 aromatic heterocycles. The van der Waals surface area contributed by atoms with Crippen LogP contribution in [-0.4, -0.2) is 66.5 Å². The van der Waals surface area contributed by atoms with E-state index < -0.39 is 0 Å². The quantitative estimate of drug-likeness (QED) is 0.856. The second-order valence-electron chi connectivity index (χ2n) is 6.80. The van der Waals surface area contributed by atoms with E-state index in [1.165, 1.54) is 12.8 Å². The number of carbonyl (C=O) groups is 1. The maximum atomic E-state index is 12.7. The summed E-state index contributed by atoms with van der Waals surface area (Å²) in [6.45, 7) is 11.2. The molecule has 0 saturated carbocycles. The summed E-state index contributed by atoms with van der Waals surface area (Å²) < 4.78 is 0. The minimum absolute atomic E-state index is 0.0768. The van der Waals surface area contributed by atoms with Crippen molar-refractivity contribution < 1.29 is 4.79 Å². The van der Waals surface area contributed by atoms with Crippen molar-refractivity contribution in [2.45, 2.75) is 26.7 Å². The molecule has 0 radical (unpaired) electrons. The van der Waals surface area contributed by atoms with Crippen LogP contribution in [0.15, 0.2) is 18.3 Å². The molecule has 0 N–H and O–H groups in total. The number of hydrogen-bond donors (Lipinski definition) is 0. The zero-order valence-corrected chi connectivity index (χ0v) is 14.4. The first-order valence-electron chi connectivity index (χ1n) is 8.90. The van der Waals surface area contributed by atoms with Crippen LogP contribution in [0, 0.1) is 5.92 Å². The molecule has 2 fully saturated rings. The number of likely N-dealkylation sites (N-methyl/N-ethyl adjacent to an activating group) is 1. The Morgan fingerprint density at radius 1 is 1.17 bits per heavy atom. The molecular weight excluding hydrogens is 288 g/mol. The van der Waals surface area contributed by atoms with Crippen molar-refractivity contribution in [1.29, 1.82) is 0 Å². The first-order chi connectivity index (χ1) is 11.2. The highest BCUT2D eigenvalue weighted by Crippen LogP contribution is 2.23. The number of aromatic nitrogens is 1. The van der Waals surface area contributed by atoms with Gasteiger partial charge in [0.1, 0.15) is 5.69 Å². The van der Waals surface area contributed by atoms with Gasteiger partial charge in [-0.05, 0) is 37.4 Å². The van der Waals surface area contributed by atoms with Gasteiger partial charge >= 0.3 is 0 Å². The van der Waals surface area contributed by atoms with Crippen LogP contribution in [0.2, 0.25) is 0 Å². The van der Waals surface area contributed by atoms with Gasteiger partial charge in [0.15, 0.2) is 0 Å². The number of piperidine rings is 1. The average molecular weight is 316 g/mol. The summed E-state index contributed by atoms with van der Waals surface area (Å²) in [6, 6.07) is 4.01. The fourth-order valence-electron chi connectivity index (χ4n) is 3.43. The Balaban J connectivity index is 1.66. The second-order valence-corrected chi connectivity index (χ2v) is 6.80. The number of carbonyl (C=O) groups excluding carboxylic acids is 1. The number of rotatable bonds is 3. The van der Waals surface area contributed by atoms with E-state index in [0.29, 0.717) is 5.69 Å². The lowest BCUT2D eigenvalue weighted by Crippen LogP contribution is -2.48. The molecule has 0 aliphatic carbocycles. The Morgan fingerprint density at radius 2 is 1.87 bits per heavy atom. The third-order valence-electron chi connectivity index (χ3n) is 5.22. The average Bonchev–Trinajstić information content (AvgIpc) is 2.62. The Bertz CT molecular complexity index is 532. The topological polar surface area (TPSA) is 39.7 Å². The molecule has 2 saturated heterocycles. The summed E-state index contributed by atoms with van der Waals surface area (Å²) in [5.41, 5.74) is 1.73. The van der Waals surface area contributed by atoms with Gasteiger partial charge in [0.2, 0.25) is 0 Å². The van der Waals surface area contributed by atoms with Crippen molar-refractivity contribution in [3.63, 3.8) is 0 Å². The minimum atomic E-state index is 0.0768. The van der Waals surface area contributed by atoms with E-state index in [9.17, 15) is 4.79 Å². The van der Waals surface area contributed by atoms with E-state index in [4.69, 9.17) is 0 Å².